The van der Waals surface area contributed by atoms with Gasteiger partial charge in [0.05, 0.1) is 11.7 Å². The van der Waals surface area contributed by atoms with Crippen molar-refractivity contribution < 1.29 is 9.59 Å². The SMILES string of the molecule is Cc1ccccc1C1NC(=O)c2cccc(NC(=O)N3CCc4ccc(Cl)cc43)c21. The second-order valence-corrected chi connectivity index (χ2v) is 8.07. The Kier molecular flexibility index (Phi) is 4.48. The third-order valence-electron chi connectivity index (χ3n) is 5.84. The predicted octanol–water partition coefficient (Wildman–Crippen LogP) is 5.08. The normalized spacial score (nSPS) is 16.8. The largest absolute Gasteiger partial charge is 0.341 e. The first-order chi connectivity index (χ1) is 14.5. The van der Waals surface area contributed by atoms with Gasteiger partial charge in [-0.05, 0) is 54.3 Å². The maximum Gasteiger partial charge on any atom is 0.326 e. The van der Waals surface area contributed by atoms with Gasteiger partial charge in [0.15, 0.2) is 0 Å². The number of halogens is 1. The van der Waals surface area contributed by atoms with Gasteiger partial charge in [-0.2, -0.15) is 0 Å². The summed E-state index contributed by atoms with van der Waals surface area (Å²) in [6, 6.07) is 18.5. The number of fused-ring (bicyclic) bond motifs is 2. The number of benzene rings is 3. The number of hydrogen-bond donors (Lipinski definition) is 2. The van der Waals surface area contributed by atoms with Crippen LogP contribution in [0.4, 0.5) is 16.2 Å². The highest BCUT2D eigenvalue weighted by Crippen LogP contribution is 2.38. The Bertz CT molecular complexity index is 1190. The summed E-state index contributed by atoms with van der Waals surface area (Å²) in [6.07, 6.45) is 0.790. The van der Waals surface area contributed by atoms with E-state index < -0.39 is 0 Å². The summed E-state index contributed by atoms with van der Waals surface area (Å²) in [5.74, 6) is -0.132. The lowest BCUT2D eigenvalue weighted by molar-refractivity contribution is 0.0960. The van der Waals surface area contributed by atoms with Crippen molar-refractivity contribution in [3.63, 3.8) is 0 Å². The lowest BCUT2D eigenvalue weighted by Crippen LogP contribution is -2.33. The molecule has 5 rings (SSSR count). The quantitative estimate of drug-likeness (QED) is 0.611. The highest BCUT2D eigenvalue weighted by atomic mass is 35.5. The minimum Gasteiger partial charge on any atom is -0.341 e. The Labute approximate surface area is 179 Å². The number of anilines is 2. The second kappa shape index (κ2) is 7.18. The predicted molar refractivity (Wildman–Crippen MR) is 118 cm³/mol. The van der Waals surface area contributed by atoms with E-state index in [1.165, 1.54) is 0 Å². The monoisotopic (exact) mass is 417 g/mol. The van der Waals surface area contributed by atoms with Crippen molar-refractivity contribution in [3.8, 4) is 0 Å². The molecule has 0 bridgehead atoms. The number of rotatable bonds is 2. The second-order valence-electron chi connectivity index (χ2n) is 7.63. The molecule has 0 radical (unpaired) electrons. The molecule has 0 saturated heterocycles. The van der Waals surface area contributed by atoms with Crippen LogP contribution in [-0.2, 0) is 6.42 Å². The molecule has 0 aliphatic carbocycles. The maximum atomic E-state index is 13.1. The molecule has 0 saturated carbocycles. The summed E-state index contributed by atoms with van der Waals surface area (Å²) in [4.78, 5) is 27.5. The van der Waals surface area contributed by atoms with E-state index in [0.29, 0.717) is 22.8 Å². The summed E-state index contributed by atoms with van der Waals surface area (Å²) < 4.78 is 0. The summed E-state index contributed by atoms with van der Waals surface area (Å²) in [5.41, 5.74) is 6.06. The third kappa shape index (κ3) is 3.02. The van der Waals surface area contributed by atoms with Crippen LogP contribution in [0.15, 0.2) is 60.7 Å². The van der Waals surface area contributed by atoms with Crippen molar-refractivity contribution in [1.29, 1.82) is 0 Å². The molecule has 3 aromatic carbocycles. The van der Waals surface area contributed by atoms with E-state index in [0.717, 1.165) is 34.4 Å². The molecule has 2 aliphatic rings. The van der Waals surface area contributed by atoms with E-state index in [1.54, 1.807) is 17.0 Å². The number of nitrogens with one attached hydrogen (secondary N) is 2. The van der Waals surface area contributed by atoms with E-state index in [-0.39, 0.29) is 18.0 Å². The zero-order chi connectivity index (χ0) is 20.8. The standard InChI is InChI=1S/C24H20ClN3O2/c1-14-5-2-3-6-17(14)22-21-18(23(29)27-22)7-4-8-19(21)26-24(30)28-12-11-15-9-10-16(25)13-20(15)28/h2-10,13,22H,11-12H2,1H3,(H,26,30)(H,27,29). The van der Waals surface area contributed by atoms with Gasteiger partial charge < -0.3 is 10.6 Å². The van der Waals surface area contributed by atoms with Gasteiger partial charge in [0.2, 0.25) is 0 Å². The number of amides is 3. The van der Waals surface area contributed by atoms with E-state index in [1.807, 2.05) is 55.5 Å². The van der Waals surface area contributed by atoms with Crippen molar-refractivity contribution in [2.75, 3.05) is 16.8 Å². The number of carbonyl (C=O) groups is 2. The van der Waals surface area contributed by atoms with Crippen LogP contribution < -0.4 is 15.5 Å². The average molecular weight is 418 g/mol. The first kappa shape index (κ1) is 18.7. The lowest BCUT2D eigenvalue weighted by Gasteiger charge is -2.22. The minimum atomic E-state index is -0.300. The summed E-state index contributed by atoms with van der Waals surface area (Å²) in [6.45, 7) is 2.61. The first-order valence-corrected chi connectivity index (χ1v) is 10.3. The Morgan fingerprint density at radius 3 is 2.80 bits per heavy atom. The minimum absolute atomic E-state index is 0.132. The molecule has 2 aliphatic heterocycles. The molecule has 3 amide bonds. The van der Waals surface area contributed by atoms with Crippen molar-refractivity contribution in [3.05, 3.63) is 93.5 Å². The summed E-state index contributed by atoms with van der Waals surface area (Å²) in [7, 11) is 0. The highest BCUT2D eigenvalue weighted by molar-refractivity contribution is 6.31. The molecule has 6 heteroatoms. The van der Waals surface area contributed by atoms with Gasteiger partial charge >= 0.3 is 6.03 Å². The van der Waals surface area contributed by atoms with Crippen LogP contribution in [0.5, 0.6) is 0 Å². The average Bonchev–Trinajstić information content (AvgIpc) is 3.30. The topological polar surface area (TPSA) is 61.4 Å². The molecule has 5 nitrogen and oxygen atoms in total. The van der Waals surface area contributed by atoms with Crippen LogP contribution in [0, 0.1) is 6.92 Å². The molecule has 150 valence electrons. The molecular formula is C24H20ClN3O2. The van der Waals surface area contributed by atoms with Crippen LogP contribution in [0.2, 0.25) is 5.02 Å². The van der Waals surface area contributed by atoms with Gasteiger partial charge in [-0.1, -0.05) is 48.0 Å². The fraction of sp³-hybridized carbons (Fsp3) is 0.167. The Balaban J connectivity index is 1.51. The highest BCUT2D eigenvalue weighted by Gasteiger charge is 2.34. The van der Waals surface area contributed by atoms with Gasteiger partial charge in [-0.25, -0.2) is 4.79 Å². The molecular weight excluding hydrogens is 398 g/mol. The summed E-state index contributed by atoms with van der Waals surface area (Å²) in [5, 5.41) is 6.70. The first-order valence-electron chi connectivity index (χ1n) is 9.89. The van der Waals surface area contributed by atoms with E-state index in [4.69, 9.17) is 11.6 Å². The van der Waals surface area contributed by atoms with Crippen molar-refractivity contribution in [2.45, 2.75) is 19.4 Å². The smallest absolute Gasteiger partial charge is 0.326 e. The van der Waals surface area contributed by atoms with Crippen molar-refractivity contribution in [2.24, 2.45) is 0 Å². The van der Waals surface area contributed by atoms with Gasteiger partial charge in [-0.3, -0.25) is 9.69 Å². The zero-order valence-electron chi connectivity index (χ0n) is 16.4. The van der Waals surface area contributed by atoms with Crippen molar-refractivity contribution in [1.82, 2.24) is 5.32 Å². The summed E-state index contributed by atoms with van der Waals surface area (Å²) >= 11 is 6.14. The fourth-order valence-electron chi connectivity index (χ4n) is 4.35. The number of nitrogens with zero attached hydrogens (tertiary/aromatic N) is 1. The van der Waals surface area contributed by atoms with Gasteiger partial charge in [0.25, 0.3) is 5.91 Å². The van der Waals surface area contributed by atoms with Crippen LogP contribution in [0.1, 0.15) is 38.7 Å². The number of aryl methyl sites for hydroxylation is 1. The molecule has 0 fully saturated rings. The van der Waals surface area contributed by atoms with Crippen LogP contribution in [-0.4, -0.2) is 18.5 Å². The molecule has 1 atom stereocenters. The van der Waals surface area contributed by atoms with E-state index in [2.05, 4.69) is 10.6 Å². The Morgan fingerprint density at radius 1 is 1.13 bits per heavy atom. The molecule has 2 heterocycles. The van der Waals surface area contributed by atoms with E-state index >= 15 is 0 Å². The van der Waals surface area contributed by atoms with Gasteiger partial charge in [-0.15, -0.1) is 0 Å². The molecule has 3 aromatic rings. The zero-order valence-corrected chi connectivity index (χ0v) is 17.2. The Hall–Kier alpha value is -3.31. The van der Waals surface area contributed by atoms with E-state index in [9.17, 15) is 9.59 Å². The molecule has 1 unspecified atom stereocenters. The molecule has 0 aromatic heterocycles. The Morgan fingerprint density at radius 2 is 1.97 bits per heavy atom. The maximum absolute atomic E-state index is 13.1. The van der Waals surface area contributed by atoms with Crippen molar-refractivity contribution >= 4 is 34.9 Å². The van der Waals surface area contributed by atoms with Crippen LogP contribution >= 0.6 is 11.6 Å². The van der Waals surface area contributed by atoms with Gasteiger partial charge in [0, 0.05) is 28.4 Å². The molecule has 30 heavy (non-hydrogen) atoms. The van der Waals surface area contributed by atoms with Crippen LogP contribution in [0.3, 0.4) is 0 Å². The lowest BCUT2D eigenvalue weighted by atomic mass is 9.94. The third-order valence-corrected chi connectivity index (χ3v) is 6.08. The fourth-order valence-corrected chi connectivity index (χ4v) is 4.52. The van der Waals surface area contributed by atoms with Crippen LogP contribution in [0.25, 0.3) is 0 Å². The molecule has 0 spiro atoms. The number of carbonyl (C=O) groups excluding carboxylic acids is 2. The molecule has 2 N–H and O–H groups in total. The van der Waals surface area contributed by atoms with Gasteiger partial charge in [0.1, 0.15) is 0 Å². The number of urea groups is 1. The number of hydrogen-bond acceptors (Lipinski definition) is 2.